The Morgan fingerprint density at radius 1 is 1.42 bits per heavy atom. The van der Waals surface area contributed by atoms with Gasteiger partial charge in [-0.2, -0.15) is 0 Å². The van der Waals surface area contributed by atoms with Gasteiger partial charge in [-0.15, -0.1) is 0 Å². The number of amides is 3. The molecule has 0 aromatic heterocycles. The molecule has 0 spiro atoms. The van der Waals surface area contributed by atoms with Crippen LogP contribution in [0.1, 0.15) is 18.1 Å². The van der Waals surface area contributed by atoms with Gasteiger partial charge < -0.3 is 10.6 Å². The fraction of sp³-hybridized carbons (Fsp3) is 0.429. The second-order valence-corrected chi connectivity index (χ2v) is 4.84. The third-order valence-corrected chi connectivity index (χ3v) is 3.47. The molecular formula is C14H19N3O2. The third kappa shape index (κ3) is 2.70. The summed E-state index contributed by atoms with van der Waals surface area (Å²) in [6.45, 7) is 6.78. The summed E-state index contributed by atoms with van der Waals surface area (Å²) in [7, 11) is 0. The number of nitrogens with zero attached hydrogens (tertiary/aromatic N) is 1. The summed E-state index contributed by atoms with van der Waals surface area (Å²) in [5, 5.41) is 5.81. The SMILES string of the molecule is Cc1cccc(N[C@@H](C)C(=O)N2CCNC2=O)c1C. The summed E-state index contributed by atoms with van der Waals surface area (Å²) in [5.41, 5.74) is 3.22. The van der Waals surface area contributed by atoms with Crippen molar-refractivity contribution in [3.8, 4) is 0 Å². The molecule has 2 N–H and O–H groups in total. The number of rotatable bonds is 3. The van der Waals surface area contributed by atoms with E-state index in [0.29, 0.717) is 13.1 Å². The Kier molecular flexibility index (Phi) is 3.74. The monoisotopic (exact) mass is 261 g/mol. The van der Waals surface area contributed by atoms with Crippen molar-refractivity contribution in [1.82, 2.24) is 10.2 Å². The zero-order valence-electron chi connectivity index (χ0n) is 11.5. The molecule has 1 aromatic rings. The van der Waals surface area contributed by atoms with E-state index in [9.17, 15) is 9.59 Å². The molecule has 5 nitrogen and oxygen atoms in total. The van der Waals surface area contributed by atoms with Gasteiger partial charge in [0.1, 0.15) is 6.04 Å². The minimum atomic E-state index is -0.427. The van der Waals surface area contributed by atoms with E-state index in [4.69, 9.17) is 0 Å². The lowest BCUT2D eigenvalue weighted by Gasteiger charge is -2.21. The van der Waals surface area contributed by atoms with Gasteiger partial charge >= 0.3 is 6.03 Å². The zero-order valence-corrected chi connectivity index (χ0v) is 11.5. The van der Waals surface area contributed by atoms with E-state index in [-0.39, 0.29) is 11.9 Å². The summed E-state index contributed by atoms with van der Waals surface area (Å²) in [4.78, 5) is 24.9. The van der Waals surface area contributed by atoms with Gasteiger partial charge in [0.15, 0.2) is 0 Å². The molecule has 102 valence electrons. The van der Waals surface area contributed by atoms with Gasteiger partial charge in [-0.05, 0) is 38.0 Å². The molecule has 0 unspecified atom stereocenters. The van der Waals surface area contributed by atoms with Crippen molar-refractivity contribution in [1.29, 1.82) is 0 Å². The first-order chi connectivity index (χ1) is 9.00. The standard InChI is InChI=1S/C14H19N3O2/c1-9-5-4-6-12(10(9)2)16-11(3)13(18)17-8-7-15-14(17)19/h4-6,11,16H,7-8H2,1-3H3,(H,15,19)/t11-/m0/s1. The number of nitrogens with one attached hydrogen (secondary N) is 2. The fourth-order valence-electron chi connectivity index (χ4n) is 2.12. The van der Waals surface area contributed by atoms with Crippen molar-refractivity contribution in [3.05, 3.63) is 29.3 Å². The van der Waals surface area contributed by atoms with Crippen molar-refractivity contribution < 1.29 is 9.59 Å². The summed E-state index contributed by atoms with van der Waals surface area (Å²) in [5.74, 6) is -0.198. The maximum atomic E-state index is 12.2. The van der Waals surface area contributed by atoms with Gasteiger partial charge in [-0.1, -0.05) is 12.1 Å². The fourth-order valence-corrected chi connectivity index (χ4v) is 2.12. The first kappa shape index (κ1) is 13.4. The van der Waals surface area contributed by atoms with Gasteiger partial charge in [-0.25, -0.2) is 4.79 Å². The van der Waals surface area contributed by atoms with Crippen molar-refractivity contribution in [3.63, 3.8) is 0 Å². The maximum Gasteiger partial charge on any atom is 0.324 e. The van der Waals surface area contributed by atoms with Gasteiger partial charge in [0.25, 0.3) is 5.91 Å². The molecule has 1 heterocycles. The lowest BCUT2D eigenvalue weighted by atomic mass is 10.1. The van der Waals surface area contributed by atoms with E-state index < -0.39 is 6.04 Å². The van der Waals surface area contributed by atoms with Crippen molar-refractivity contribution >= 4 is 17.6 Å². The molecule has 0 radical (unpaired) electrons. The van der Waals surface area contributed by atoms with Crippen molar-refractivity contribution in [2.75, 3.05) is 18.4 Å². The first-order valence-electron chi connectivity index (χ1n) is 6.42. The highest BCUT2D eigenvalue weighted by Crippen LogP contribution is 2.19. The Balaban J connectivity index is 2.08. The topological polar surface area (TPSA) is 61.4 Å². The molecule has 1 aromatic carbocycles. The summed E-state index contributed by atoms with van der Waals surface area (Å²) in [6.07, 6.45) is 0. The number of hydrogen-bond acceptors (Lipinski definition) is 3. The van der Waals surface area contributed by atoms with Crippen LogP contribution in [0.2, 0.25) is 0 Å². The normalized spacial score (nSPS) is 16.2. The molecule has 0 saturated carbocycles. The van der Waals surface area contributed by atoms with Crippen LogP contribution in [-0.2, 0) is 4.79 Å². The Morgan fingerprint density at radius 2 is 2.16 bits per heavy atom. The number of hydrogen-bond donors (Lipinski definition) is 2. The van der Waals surface area contributed by atoms with Crippen LogP contribution in [0, 0.1) is 13.8 Å². The molecule has 1 saturated heterocycles. The highest BCUT2D eigenvalue weighted by Gasteiger charge is 2.29. The lowest BCUT2D eigenvalue weighted by molar-refractivity contribution is -0.128. The first-order valence-corrected chi connectivity index (χ1v) is 6.42. The van der Waals surface area contributed by atoms with Gasteiger partial charge in [0.2, 0.25) is 0 Å². The average molecular weight is 261 g/mol. The van der Waals surface area contributed by atoms with Crippen LogP contribution in [0.5, 0.6) is 0 Å². The molecule has 2 rings (SSSR count). The number of aryl methyl sites for hydroxylation is 1. The zero-order chi connectivity index (χ0) is 14.0. The largest absolute Gasteiger partial charge is 0.374 e. The second kappa shape index (κ2) is 5.30. The van der Waals surface area contributed by atoms with Crippen molar-refractivity contribution in [2.24, 2.45) is 0 Å². The summed E-state index contributed by atoms with van der Waals surface area (Å²) in [6, 6.07) is 5.19. The molecule has 0 bridgehead atoms. The van der Waals surface area contributed by atoms with Crippen LogP contribution in [0.25, 0.3) is 0 Å². The highest BCUT2D eigenvalue weighted by molar-refractivity contribution is 5.99. The Morgan fingerprint density at radius 3 is 2.79 bits per heavy atom. The lowest BCUT2D eigenvalue weighted by Crippen LogP contribution is -2.43. The third-order valence-electron chi connectivity index (χ3n) is 3.47. The van der Waals surface area contributed by atoms with E-state index in [0.717, 1.165) is 11.3 Å². The summed E-state index contributed by atoms with van der Waals surface area (Å²) >= 11 is 0. The quantitative estimate of drug-likeness (QED) is 0.869. The molecule has 1 atom stereocenters. The molecule has 19 heavy (non-hydrogen) atoms. The molecule has 3 amide bonds. The Bertz CT molecular complexity index is 513. The minimum Gasteiger partial charge on any atom is -0.374 e. The highest BCUT2D eigenvalue weighted by atomic mass is 16.2. The van der Waals surface area contributed by atoms with E-state index >= 15 is 0 Å². The Labute approximate surface area is 113 Å². The number of imide groups is 1. The molecule has 1 aliphatic rings. The Hall–Kier alpha value is -2.04. The van der Waals surface area contributed by atoms with E-state index in [1.54, 1.807) is 6.92 Å². The second-order valence-electron chi connectivity index (χ2n) is 4.84. The van der Waals surface area contributed by atoms with Gasteiger partial charge in [-0.3, -0.25) is 9.69 Å². The van der Waals surface area contributed by atoms with Crippen LogP contribution < -0.4 is 10.6 Å². The van der Waals surface area contributed by atoms with Crippen LogP contribution >= 0.6 is 0 Å². The van der Waals surface area contributed by atoms with Crippen LogP contribution in [0.4, 0.5) is 10.5 Å². The molecule has 5 heteroatoms. The predicted octanol–water partition coefficient (Wildman–Crippen LogP) is 1.66. The van der Waals surface area contributed by atoms with E-state index in [1.807, 2.05) is 32.0 Å². The molecule has 1 aliphatic heterocycles. The number of carbonyl (C=O) groups excluding carboxylic acids is 2. The molecular weight excluding hydrogens is 242 g/mol. The van der Waals surface area contributed by atoms with Gasteiger partial charge in [0, 0.05) is 18.8 Å². The number of anilines is 1. The summed E-state index contributed by atoms with van der Waals surface area (Å²) < 4.78 is 0. The molecule has 0 aliphatic carbocycles. The minimum absolute atomic E-state index is 0.198. The molecule has 1 fully saturated rings. The van der Waals surface area contributed by atoms with E-state index in [1.165, 1.54) is 10.5 Å². The predicted molar refractivity (Wildman–Crippen MR) is 74.1 cm³/mol. The van der Waals surface area contributed by atoms with Gasteiger partial charge in [0.05, 0.1) is 0 Å². The maximum absolute atomic E-state index is 12.2. The van der Waals surface area contributed by atoms with Crippen LogP contribution in [0.3, 0.4) is 0 Å². The smallest absolute Gasteiger partial charge is 0.324 e. The number of carbonyl (C=O) groups is 2. The number of benzene rings is 1. The van der Waals surface area contributed by atoms with Crippen LogP contribution in [-0.4, -0.2) is 36.0 Å². The average Bonchev–Trinajstić information content (AvgIpc) is 2.80. The van der Waals surface area contributed by atoms with Crippen LogP contribution in [0.15, 0.2) is 18.2 Å². The van der Waals surface area contributed by atoms with E-state index in [2.05, 4.69) is 10.6 Å². The number of urea groups is 1. The van der Waals surface area contributed by atoms with Crippen molar-refractivity contribution in [2.45, 2.75) is 26.8 Å².